The van der Waals surface area contributed by atoms with Gasteiger partial charge in [0, 0.05) is 9.64 Å². The average molecular weight is 488 g/mol. The van der Waals surface area contributed by atoms with Gasteiger partial charge >= 0.3 is 5.97 Å². The lowest BCUT2D eigenvalue weighted by Gasteiger charge is -2.02. The molecule has 0 bridgehead atoms. The van der Waals surface area contributed by atoms with Crippen LogP contribution in [-0.2, 0) is 9.53 Å². The van der Waals surface area contributed by atoms with E-state index in [1.54, 1.807) is 30.3 Å². The fourth-order valence-electron chi connectivity index (χ4n) is 2.38. The van der Waals surface area contributed by atoms with Crippen molar-refractivity contribution in [3.8, 4) is 11.5 Å². The summed E-state index contributed by atoms with van der Waals surface area (Å²) in [5.74, 6) is 0.721. The topological polar surface area (TPSA) is 57.1 Å². The van der Waals surface area contributed by atoms with Crippen molar-refractivity contribution < 1.29 is 19.0 Å². The quantitative estimate of drug-likeness (QED) is 0.351. The van der Waals surface area contributed by atoms with Crippen molar-refractivity contribution in [1.29, 1.82) is 0 Å². The van der Waals surface area contributed by atoms with Crippen molar-refractivity contribution in [2.75, 3.05) is 6.79 Å². The van der Waals surface area contributed by atoms with E-state index in [-0.39, 0.29) is 18.4 Å². The third-order valence-electron chi connectivity index (χ3n) is 3.56. The van der Waals surface area contributed by atoms with Gasteiger partial charge < -0.3 is 14.2 Å². The molecule has 0 atom stereocenters. The van der Waals surface area contributed by atoms with Crippen molar-refractivity contribution >= 4 is 63.7 Å². The second-order valence-electron chi connectivity index (χ2n) is 5.19. The smallest absolute Gasteiger partial charge is 0.363 e. The molecule has 0 unspecified atom stereocenters. The summed E-state index contributed by atoms with van der Waals surface area (Å²) in [6, 6.07) is 8.71. The number of aliphatic imine (C=N–C) groups is 1. The molecule has 0 aliphatic carbocycles. The van der Waals surface area contributed by atoms with Crippen LogP contribution in [-0.4, -0.2) is 18.7 Å². The number of nitrogens with zero attached hydrogens (tertiary/aromatic N) is 1. The number of halogens is 3. The van der Waals surface area contributed by atoms with E-state index in [9.17, 15) is 4.79 Å². The lowest BCUT2D eigenvalue weighted by Crippen LogP contribution is -2.06. The van der Waals surface area contributed by atoms with E-state index in [0.29, 0.717) is 32.7 Å². The SMILES string of the molecule is O=C1OC(c2cc(I)ccc2Cl)=NC1=Cc1cc2c(cc1Cl)OCO2. The van der Waals surface area contributed by atoms with Crippen molar-refractivity contribution in [2.45, 2.75) is 0 Å². The number of hydrogen-bond donors (Lipinski definition) is 0. The molecular formula is C17H8Cl2INO4. The zero-order chi connectivity index (χ0) is 17.6. The van der Waals surface area contributed by atoms with Gasteiger partial charge in [0.15, 0.2) is 17.2 Å². The minimum atomic E-state index is -0.571. The molecule has 2 aliphatic heterocycles. The maximum atomic E-state index is 12.2. The van der Waals surface area contributed by atoms with Gasteiger partial charge in [-0.05, 0) is 58.5 Å². The molecule has 0 N–H and O–H groups in total. The molecule has 2 aliphatic rings. The van der Waals surface area contributed by atoms with Crippen molar-refractivity contribution in [3.05, 3.63) is 60.8 Å². The van der Waals surface area contributed by atoms with Crippen LogP contribution >= 0.6 is 45.8 Å². The minimum absolute atomic E-state index is 0.130. The van der Waals surface area contributed by atoms with Gasteiger partial charge in [-0.15, -0.1) is 0 Å². The molecule has 5 nitrogen and oxygen atoms in total. The van der Waals surface area contributed by atoms with Crippen LogP contribution < -0.4 is 9.47 Å². The van der Waals surface area contributed by atoms with Gasteiger partial charge in [0.05, 0.1) is 15.6 Å². The number of hydrogen-bond acceptors (Lipinski definition) is 5. The number of ether oxygens (including phenoxy) is 3. The Labute approximate surface area is 166 Å². The molecule has 4 rings (SSSR count). The summed E-state index contributed by atoms with van der Waals surface area (Å²) in [5.41, 5.74) is 1.27. The molecule has 0 saturated carbocycles. The van der Waals surface area contributed by atoms with Gasteiger partial charge in [-0.3, -0.25) is 0 Å². The molecule has 0 radical (unpaired) electrons. The highest BCUT2D eigenvalue weighted by atomic mass is 127. The van der Waals surface area contributed by atoms with Crippen LogP contribution in [0.15, 0.2) is 41.0 Å². The molecule has 0 aromatic heterocycles. The van der Waals surface area contributed by atoms with E-state index in [0.717, 1.165) is 3.57 Å². The molecule has 25 heavy (non-hydrogen) atoms. The minimum Gasteiger partial charge on any atom is -0.454 e. The molecule has 2 heterocycles. The Kier molecular flexibility index (Phi) is 4.35. The number of carbonyl (C=O) groups is 1. The summed E-state index contributed by atoms with van der Waals surface area (Å²) in [7, 11) is 0. The number of fused-ring (bicyclic) bond motifs is 1. The number of benzene rings is 2. The van der Waals surface area contributed by atoms with Crippen LogP contribution in [0.1, 0.15) is 11.1 Å². The van der Waals surface area contributed by atoms with Crippen molar-refractivity contribution in [2.24, 2.45) is 4.99 Å². The molecule has 0 fully saturated rings. The molecule has 8 heteroatoms. The molecule has 0 saturated heterocycles. The van der Waals surface area contributed by atoms with E-state index < -0.39 is 5.97 Å². The van der Waals surface area contributed by atoms with Crippen molar-refractivity contribution in [1.82, 2.24) is 0 Å². The van der Waals surface area contributed by atoms with Gasteiger partial charge in [-0.25, -0.2) is 9.79 Å². The molecule has 2 aromatic rings. The first-order chi connectivity index (χ1) is 12.0. The van der Waals surface area contributed by atoms with Crippen LogP contribution in [0.25, 0.3) is 6.08 Å². The lowest BCUT2D eigenvalue weighted by molar-refractivity contribution is -0.129. The maximum absolute atomic E-state index is 12.2. The number of rotatable bonds is 2. The highest BCUT2D eigenvalue weighted by Gasteiger charge is 2.26. The molecule has 0 spiro atoms. The molecule has 2 aromatic carbocycles. The monoisotopic (exact) mass is 487 g/mol. The first kappa shape index (κ1) is 16.7. The van der Waals surface area contributed by atoms with Crippen LogP contribution in [0.5, 0.6) is 11.5 Å². The predicted molar refractivity (Wildman–Crippen MR) is 102 cm³/mol. The van der Waals surface area contributed by atoms with E-state index in [2.05, 4.69) is 27.6 Å². The predicted octanol–water partition coefficient (Wildman–Crippen LogP) is 4.67. The number of esters is 1. The van der Waals surface area contributed by atoms with Crippen LogP contribution in [0, 0.1) is 3.57 Å². The zero-order valence-electron chi connectivity index (χ0n) is 12.4. The summed E-state index contributed by atoms with van der Waals surface area (Å²) in [6.07, 6.45) is 1.54. The summed E-state index contributed by atoms with van der Waals surface area (Å²) >= 11 is 14.6. The second-order valence-corrected chi connectivity index (χ2v) is 7.25. The van der Waals surface area contributed by atoms with Crippen molar-refractivity contribution in [3.63, 3.8) is 0 Å². The van der Waals surface area contributed by atoms with Crippen LogP contribution in [0.4, 0.5) is 0 Å². The average Bonchev–Trinajstić information content (AvgIpc) is 3.17. The third-order valence-corrected chi connectivity index (χ3v) is 4.89. The highest BCUT2D eigenvalue weighted by molar-refractivity contribution is 14.1. The Morgan fingerprint density at radius 2 is 1.84 bits per heavy atom. The van der Waals surface area contributed by atoms with Gasteiger partial charge in [0.25, 0.3) is 0 Å². The fourth-order valence-corrected chi connectivity index (χ4v) is 3.27. The summed E-state index contributed by atoms with van der Waals surface area (Å²) in [5, 5.41) is 0.870. The molecule has 0 amide bonds. The number of cyclic esters (lactones) is 1. The number of carbonyl (C=O) groups excluding carboxylic acids is 1. The lowest BCUT2D eigenvalue weighted by atomic mass is 10.1. The van der Waals surface area contributed by atoms with E-state index in [1.807, 2.05) is 6.07 Å². The van der Waals surface area contributed by atoms with Gasteiger partial charge in [-0.1, -0.05) is 23.2 Å². The Bertz CT molecular complexity index is 971. The Balaban J connectivity index is 1.73. The first-order valence-corrected chi connectivity index (χ1v) is 8.92. The molecular weight excluding hydrogens is 480 g/mol. The molecule has 126 valence electrons. The maximum Gasteiger partial charge on any atom is 0.363 e. The Morgan fingerprint density at radius 1 is 1.08 bits per heavy atom. The summed E-state index contributed by atoms with van der Waals surface area (Å²) in [6.45, 7) is 0.140. The van der Waals surface area contributed by atoms with E-state index in [4.69, 9.17) is 37.4 Å². The summed E-state index contributed by atoms with van der Waals surface area (Å²) in [4.78, 5) is 16.4. The normalized spacial score (nSPS) is 17.0. The Morgan fingerprint density at radius 3 is 2.64 bits per heavy atom. The summed E-state index contributed by atoms with van der Waals surface area (Å²) < 4.78 is 16.8. The standard InChI is InChI=1S/C17H8Cl2INO4/c18-11-2-1-9(20)5-10(11)16-21-13(17(22)25-16)3-8-4-14-15(6-12(8)19)24-7-23-14/h1-6H,7H2. The first-order valence-electron chi connectivity index (χ1n) is 7.08. The van der Waals surface area contributed by atoms with Crippen LogP contribution in [0.3, 0.4) is 0 Å². The second kappa shape index (κ2) is 6.51. The van der Waals surface area contributed by atoms with Crippen LogP contribution in [0.2, 0.25) is 10.0 Å². The van der Waals surface area contributed by atoms with Gasteiger partial charge in [-0.2, -0.15) is 0 Å². The van der Waals surface area contributed by atoms with Gasteiger partial charge in [0.1, 0.15) is 0 Å². The fraction of sp³-hybridized carbons (Fsp3) is 0.0588. The van der Waals surface area contributed by atoms with E-state index >= 15 is 0 Å². The van der Waals surface area contributed by atoms with E-state index in [1.165, 1.54) is 0 Å². The highest BCUT2D eigenvalue weighted by Crippen LogP contribution is 2.38. The Hall–Kier alpha value is -1.77. The largest absolute Gasteiger partial charge is 0.454 e. The van der Waals surface area contributed by atoms with Gasteiger partial charge in [0.2, 0.25) is 12.7 Å². The third kappa shape index (κ3) is 3.21. The zero-order valence-corrected chi connectivity index (χ0v) is 16.1.